The number of nitro groups is 1. The lowest BCUT2D eigenvalue weighted by molar-refractivity contribution is -0.390. The third-order valence-corrected chi connectivity index (χ3v) is 4.99. The van der Waals surface area contributed by atoms with E-state index in [0.29, 0.717) is 0 Å². The lowest BCUT2D eigenvalue weighted by atomic mass is 10.3. The van der Waals surface area contributed by atoms with E-state index < -0.39 is 36.6 Å². The first-order chi connectivity index (χ1) is 9.18. The van der Waals surface area contributed by atoms with Crippen molar-refractivity contribution >= 4 is 33.3 Å². The molecular weight excluding hydrogens is 306 g/mol. The Morgan fingerprint density at radius 2 is 2.10 bits per heavy atom. The second kappa shape index (κ2) is 6.23. The number of carboxylic acid groups (broad SMARTS) is 1. The number of sulfone groups is 1. The van der Waals surface area contributed by atoms with E-state index in [-0.39, 0.29) is 11.3 Å². The van der Waals surface area contributed by atoms with Crippen LogP contribution in [0.2, 0.25) is 0 Å². The van der Waals surface area contributed by atoms with Gasteiger partial charge in [-0.15, -0.1) is 11.8 Å². The Morgan fingerprint density at radius 1 is 1.50 bits per heavy atom. The molecule has 0 radical (unpaired) electrons. The van der Waals surface area contributed by atoms with Gasteiger partial charge in [0, 0.05) is 6.26 Å². The highest BCUT2D eigenvalue weighted by atomic mass is 32.2. The van der Waals surface area contributed by atoms with Crippen molar-refractivity contribution < 1.29 is 23.2 Å². The van der Waals surface area contributed by atoms with E-state index in [1.807, 2.05) is 0 Å². The second-order valence-electron chi connectivity index (χ2n) is 3.99. The first kappa shape index (κ1) is 16.4. The number of rotatable bonds is 6. The van der Waals surface area contributed by atoms with Crippen LogP contribution in [0.4, 0.5) is 5.69 Å². The minimum absolute atomic E-state index is 0.0344. The van der Waals surface area contributed by atoms with Gasteiger partial charge >= 0.3 is 11.7 Å². The fourth-order valence-electron chi connectivity index (χ4n) is 1.54. The van der Waals surface area contributed by atoms with Crippen LogP contribution in [0, 0.1) is 10.1 Å². The molecule has 0 aliphatic rings. The first-order valence-electron chi connectivity index (χ1n) is 5.55. The number of para-hydroxylation sites is 1. The van der Waals surface area contributed by atoms with Gasteiger partial charge in [-0.2, -0.15) is 0 Å². The summed E-state index contributed by atoms with van der Waals surface area (Å²) in [6, 6.07) is 3.85. The topological polar surface area (TPSA) is 115 Å². The molecule has 0 fully saturated rings. The van der Waals surface area contributed by atoms with Crippen molar-refractivity contribution in [2.75, 3.05) is 6.26 Å². The van der Waals surface area contributed by atoms with Gasteiger partial charge in [-0.1, -0.05) is 13.0 Å². The molecule has 0 saturated heterocycles. The SMILES string of the molecule is CCC(Sc1cccc(S(C)(=O)=O)c1[N+](=O)[O-])C(=O)O. The summed E-state index contributed by atoms with van der Waals surface area (Å²) >= 11 is 0.776. The number of carboxylic acids is 1. The van der Waals surface area contributed by atoms with Crippen molar-refractivity contribution in [2.24, 2.45) is 0 Å². The van der Waals surface area contributed by atoms with Crippen molar-refractivity contribution in [3.05, 3.63) is 28.3 Å². The van der Waals surface area contributed by atoms with Crippen molar-refractivity contribution in [2.45, 2.75) is 28.4 Å². The molecule has 110 valence electrons. The fraction of sp³-hybridized carbons (Fsp3) is 0.364. The van der Waals surface area contributed by atoms with Crippen LogP contribution in [-0.2, 0) is 14.6 Å². The van der Waals surface area contributed by atoms with Gasteiger partial charge in [0.05, 0.1) is 9.82 Å². The van der Waals surface area contributed by atoms with Crippen LogP contribution in [0.15, 0.2) is 28.0 Å². The number of nitrogens with zero attached hydrogens (tertiary/aromatic N) is 1. The summed E-state index contributed by atoms with van der Waals surface area (Å²) in [4.78, 5) is 20.9. The van der Waals surface area contributed by atoms with Crippen LogP contribution < -0.4 is 0 Å². The number of benzene rings is 1. The molecule has 7 nitrogen and oxygen atoms in total. The molecule has 0 aromatic heterocycles. The van der Waals surface area contributed by atoms with Gasteiger partial charge in [0.1, 0.15) is 10.1 Å². The normalized spacial score (nSPS) is 12.9. The first-order valence-corrected chi connectivity index (χ1v) is 8.32. The van der Waals surface area contributed by atoms with Gasteiger partial charge in [0.15, 0.2) is 9.84 Å². The Hall–Kier alpha value is -1.61. The number of hydrogen-bond donors (Lipinski definition) is 1. The molecule has 0 heterocycles. The number of thioether (sulfide) groups is 1. The van der Waals surface area contributed by atoms with E-state index in [1.165, 1.54) is 12.1 Å². The molecule has 1 rings (SSSR count). The Morgan fingerprint density at radius 3 is 2.50 bits per heavy atom. The van der Waals surface area contributed by atoms with Crippen LogP contribution in [0.3, 0.4) is 0 Å². The zero-order valence-corrected chi connectivity index (χ0v) is 12.4. The molecule has 0 aliphatic heterocycles. The van der Waals surface area contributed by atoms with Gasteiger partial charge in [-0.25, -0.2) is 8.42 Å². The molecule has 0 bridgehead atoms. The van der Waals surface area contributed by atoms with Crippen molar-refractivity contribution in [1.29, 1.82) is 0 Å². The zero-order chi connectivity index (χ0) is 15.5. The maximum Gasteiger partial charge on any atom is 0.316 e. The predicted octanol–water partition coefficient (Wildman–Crippen LogP) is 1.95. The number of aliphatic carboxylic acids is 1. The molecular formula is C11H13NO6S2. The summed E-state index contributed by atoms with van der Waals surface area (Å²) in [5.41, 5.74) is -0.570. The predicted molar refractivity (Wildman–Crippen MR) is 73.8 cm³/mol. The van der Waals surface area contributed by atoms with E-state index in [2.05, 4.69) is 0 Å². The molecule has 9 heteroatoms. The molecule has 0 spiro atoms. The monoisotopic (exact) mass is 319 g/mol. The molecule has 1 atom stereocenters. The lowest BCUT2D eigenvalue weighted by Gasteiger charge is -2.11. The standard InChI is InChI=1S/C11H13NO6S2/c1-3-7(11(13)14)19-8-5-4-6-9(20(2,17)18)10(8)12(15)16/h4-7H,3H2,1-2H3,(H,13,14). The summed E-state index contributed by atoms with van der Waals surface area (Å²) < 4.78 is 23.1. The quantitative estimate of drug-likeness (QED) is 0.484. The summed E-state index contributed by atoms with van der Waals surface area (Å²) in [5.74, 6) is -1.10. The van der Waals surface area contributed by atoms with Gasteiger partial charge in [0.25, 0.3) is 0 Å². The molecule has 0 aliphatic carbocycles. The van der Waals surface area contributed by atoms with Gasteiger partial charge in [0.2, 0.25) is 0 Å². The number of nitro benzene ring substituents is 1. The van der Waals surface area contributed by atoms with Crippen LogP contribution in [0.1, 0.15) is 13.3 Å². The van der Waals surface area contributed by atoms with Crippen LogP contribution >= 0.6 is 11.8 Å². The Kier molecular flexibility index (Phi) is 5.12. The molecule has 20 heavy (non-hydrogen) atoms. The summed E-state index contributed by atoms with van der Waals surface area (Å²) in [6.45, 7) is 1.64. The van der Waals surface area contributed by atoms with E-state index in [4.69, 9.17) is 5.11 Å². The van der Waals surface area contributed by atoms with Crippen molar-refractivity contribution in [3.8, 4) is 0 Å². The second-order valence-corrected chi connectivity index (χ2v) is 7.21. The molecule has 1 unspecified atom stereocenters. The van der Waals surface area contributed by atoms with Crippen molar-refractivity contribution in [3.63, 3.8) is 0 Å². The Bertz CT molecular complexity index is 640. The minimum Gasteiger partial charge on any atom is -0.480 e. The zero-order valence-electron chi connectivity index (χ0n) is 10.8. The maximum absolute atomic E-state index is 11.6. The smallest absolute Gasteiger partial charge is 0.316 e. The van der Waals surface area contributed by atoms with Crippen molar-refractivity contribution in [1.82, 2.24) is 0 Å². The Balaban J connectivity index is 3.41. The molecule has 0 amide bonds. The largest absolute Gasteiger partial charge is 0.480 e. The van der Waals surface area contributed by atoms with Gasteiger partial charge in [-0.3, -0.25) is 14.9 Å². The van der Waals surface area contributed by atoms with E-state index in [0.717, 1.165) is 24.1 Å². The molecule has 0 saturated carbocycles. The van der Waals surface area contributed by atoms with Gasteiger partial charge < -0.3 is 5.11 Å². The summed E-state index contributed by atoms with van der Waals surface area (Å²) in [7, 11) is -3.77. The van der Waals surface area contributed by atoms with E-state index >= 15 is 0 Å². The highest BCUT2D eigenvalue weighted by molar-refractivity contribution is 8.00. The van der Waals surface area contributed by atoms with Crippen LogP contribution in [0.25, 0.3) is 0 Å². The molecule has 1 aromatic rings. The number of carbonyl (C=O) groups is 1. The third-order valence-electron chi connectivity index (χ3n) is 2.46. The average Bonchev–Trinajstić information content (AvgIpc) is 2.33. The molecule has 1 N–H and O–H groups in total. The highest BCUT2D eigenvalue weighted by Crippen LogP contribution is 2.37. The lowest BCUT2D eigenvalue weighted by Crippen LogP contribution is -2.15. The highest BCUT2D eigenvalue weighted by Gasteiger charge is 2.29. The third kappa shape index (κ3) is 3.70. The van der Waals surface area contributed by atoms with E-state index in [1.54, 1.807) is 6.92 Å². The average molecular weight is 319 g/mol. The summed E-state index contributed by atoms with van der Waals surface area (Å²) in [6.07, 6.45) is 1.14. The maximum atomic E-state index is 11.6. The number of hydrogen-bond acceptors (Lipinski definition) is 6. The Labute approximate surface area is 120 Å². The van der Waals surface area contributed by atoms with Crippen LogP contribution in [-0.4, -0.2) is 35.9 Å². The van der Waals surface area contributed by atoms with E-state index in [9.17, 15) is 23.3 Å². The van der Waals surface area contributed by atoms with Gasteiger partial charge in [-0.05, 0) is 18.6 Å². The summed E-state index contributed by atoms with van der Waals surface area (Å²) in [5, 5.41) is 19.2. The van der Waals surface area contributed by atoms with Crippen LogP contribution in [0.5, 0.6) is 0 Å². The minimum atomic E-state index is -3.77. The molecule has 1 aromatic carbocycles. The fourth-order valence-corrected chi connectivity index (χ4v) is 3.49.